The van der Waals surface area contributed by atoms with E-state index in [0.717, 1.165) is 14.6 Å². The predicted molar refractivity (Wildman–Crippen MR) is 80.2 cm³/mol. The maximum Gasteiger partial charge on any atom is 0.143 e. The van der Waals surface area contributed by atoms with Gasteiger partial charge in [0.1, 0.15) is 11.9 Å². The number of benzene rings is 2. The van der Waals surface area contributed by atoms with Crippen LogP contribution in [0.2, 0.25) is 0 Å². The maximum absolute atomic E-state index is 13.8. The molecule has 19 heavy (non-hydrogen) atoms. The van der Waals surface area contributed by atoms with Crippen LogP contribution in [0.5, 0.6) is 0 Å². The Hall–Kier alpha value is -1.38. The van der Waals surface area contributed by atoms with Gasteiger partial charge in [-0.25, -0.2) is 4.39 Å². The minimum atomic E-state index is -0.744. The molecular weight excluding hydrogens is 375 g/mol. The Balaban J connectivity index is 2.31. The number of anilines is 1. The average Bonchev–Trinajstić information content (AvgIpc) is 2.39. The van der Waals surface area contributed by atoms with Crippen molar-refractivity contribution in [2.45, 2.75) is 6.04 Å². The summed E-state index contributed by atoms with van der Waals surface area (Å²) in [7, 11) is 0. The third-order valence-electron chi connectivity index (χ3n) is 2.53. The third-order valence-corrected chi connectivity index (χ3v) is 3.52. The third kappa shape index (κ3) is 3.55. The molecule has 96 valence electrons. The molecule has 0 heterocycles. The number of nitrogens with zero attached hydrogens (tertiary/aromatic N) is 1. The van der Waals surface area contributed by atoms with Gasteiger partial charge in [0.05, 0.1) is 6.07 Å². The van der Waals surface area contributed by atoms with Gasteiger partial charge < -0.3 is 5.32 Å². The molecule has 0 saturated heterocycles. The van der Waals surface area contributed by atoms with E-state index in [2.05, 4.69) is 43.2 Å². The van der Waals surface area contributed by atoms with Crippen LogP contribution in [0.4, 0.5) is 10.1 Å². The van der Waals surface area contributed by atoms with Crippen molar-refractivity contribution in [1.29, 1.82) is 5.26 Å². The van der Waals surface area contributed by atoms with Crippen molar-refractivity contribution in [3.63, 3.8) is 0 Å². The minimum absolute atomic E-state index is 0.317. The molecule has 2 nitrogen and oxygen atoms in total. The van der Waals surface area contributed by atoms with E-state index >= 15 is 0 Å². The van der Waals surface area contributed by atoms with E-state index in [1.165, 1.54) is 6.07 Å². The van der Waals surface area contributed by atoms with Crippen molar-refractivity contribution in [3.8, 4) is 6.07 Å². The lowest BCUT2D eigenvalue weighted by molar-refractivity contribution is 0.607. The summed E-state index contributed by atoms with van der Waals surface area (Å²) in [6, 6.07) is 13.3. The average molecular weight is 384 g/mol. The van der Waals surface area contributed by atoms with Crippen LogP contribution in [0.1, 0.15) is 11.6 Å². The molecule has 0 spiro atoms. The van der Waals surface area contributed by atoms with Crippen molar-refractivity contribution in [3.05, 3.63) is 62.8 Å². The molecule has 1 N–H and O–H groups in total. The van der Waals surface area contributed by atoms with E-state index in [1.807, 2.05) is 24.3 Å². The normalized spacial score (nSPS) is 11.7. The summed E-state index contributed by atoms with van der Waals surface area (Å²) >= 11 is 6.63. The van der Waals surface area contributed by atoms with Crippen LogP contribution < -0.4 is 5.32 Å². The van der Waals surface area contributed by atoms with E-state index in [1.54, 1.807) is 12.1 Å². The van der Waals surface area contributed by atoms with Gasteiger partial charge in [-0.2, -0.15) is 5.26 Å². The van der Waals surface area contributed by atoms with Crippen LogP contribution in [0.25, 0.3) is 0 Å². The summed E-state index contributed by atoms with van der Waals surface area (Å²) in [5.41, 5.74) is 1.07. The Kier molecular flexibility index (Phi) is 4.56. The van der Waals surface area contributed by atoms with E-state index < -0.39 is 11.9 Å². The second-order valence-electron chi connectivity index (χ2n) is 3.88. The Bertz CT molecular complexity index is 638. The summed E-state index contributed by atoms with van der Waals surface area (Å²) in [4.78, 5) is 0. The summed E-state index contributed by atoms with van der Waals surface area (Å²) in [5.74, 6) is -0.405. The molecule has 0 aliphatic rings. The van der Waals surface area contributed by atoms with Gasteiger partial charge in [0.15, 0.2) is 0 Å². The number of hydrogen-bond donors (Lipinski definition) is 1. The summed E-state index contributed by atoms with van der Waals surface area (Å²) in [5, 5.41) is 12.2. The smallest absolute Gasteiger partial charge is 0.143 e. The van der Waals surface area contributed by atoms with E-state index in [9.17, 15) is 9.65 Å². The first-order valence-corrected chi connectivity index (χ1v) is 7.05. The quantitative estimate of drug-likeness (QED) is 0.806. The van der Waals surface area contributed by atoms with Crippen LogP contribution in [0, 0.1) is 17.1 Å². The van der Waals surface area contributed by atoms with E-state index in [4.69, 9.17) is 0 Å². The molecule has 0 fully saturated rings. The van der Waals surface area contributed by atoms with Crippen LogP contribution in [0.3, 0.4) is 0 Å². The molecule has 1 unspecified atom stereocenters. The zero-order valence-electron chi connectivity index (χ0n) is 9.70. The van der Waals surface area contributed by atoms with Crippen LogP contribution in [-0.4, -0.2) is 0 Å². The highest BCUT2D eigenvalue weighted by atomic mass is 79.9. The maximum atomic E-state index is 13.8. The van der Waals surface area contributed by atoms with E-state index in [-0.39, 0.29) is 0 Å². The molecule has 0 bridgehead atoms. The van der Waals surface area contributed by atoms with Gasteiger partial charge in [-0.3, -0.25) is 0 Å². The fourth-order valence-corrected chi connectivity index (χ4v) is 2.44. The van der Waals surface area contributed by atoms with Gasteiger partial charge >= 0.3 is 0 Å². The van der Waals surface area contributed by atoms with Gasteiger partial charge in [0, 0.05) is 20.2 Å². The van der Waals surface area contributed by atoms with Gasteiger partial charge in [-0.1, -0.05) is 37.9 Å². The van der Waals surface area contributed by atoms with Gasteiger partial charge in [0.25, 0.3) is 0 Å². The summed E-state index contributed by atoms with van der Waals surface area (Å²) < 4.78 is 15.4. The van der Waals surface area contributed by atoms with Crippen molar-refractivity contribution in [2.24, 2.45) is 0 Å². The fraction of sp³-hybridized carbons (Fsp3) is 0.0714. The van der Waals surface area contributed by atoms with Gasteiger partial charge in [-0.15, -0.1) is 0 Å². The van der Waals surface area contributed by atoms with Crippen molar-refractivity contribution in [1.82, 2.24) is 0 Å². The van der Waals surface area contributed by atoms with Crippen LogP contribution in [-0.2, 0) is 0 Å². The molecule has 5 heteroatoms. The van der Waals surface area contributed by atoms with Gasteiger partial charge in [0.2, 0.25) is 0 Å². The Morgan fingerprint density at radius 2 is 1.84 bits per heavy atom. The molecule has 2 aromatic rings. The summed E-state index contributed by atoms with van der Waals surface area (Å²) in [6.45, 7) is 0. The lowest BCUT2D eigenvalue weighted by Gasteiger charge is -2.14. The standard InChI is InChI=1S/C14H9Br2FN2/c15-9-2-1-3-11(6-9)19-14(8-18)12-7-10(16)4-5-13(12)17/h1-7,14,19H. The second kappa shape index (κ2) is 6.18. The Labute approximate surface area is 127 Å². The Morgan fingerprint density at radius 1 is 1.11 bits per heavy atom. The highest BCUT2D eigenvalue weighted by Crippen LogP contribution is 2.26. The first-order valence-electron chi connectivity index (χ1n) is 5.47. The number of halogens is 3. The number of nitriles is 1. The number of hydrogen-bond acceptors (Lipinski definition) is 2. The SMILES string of the molecule is N#CC(Nc1cccc(Br)c1)c1cc(Br)ccc1F. The van der Waals surface area contributed by atoms with Crippen molar-refractivity contribution in [2.75, 3.05) is 5.32 Å². The largest absolute Gasteiger partial charge is 0.366 e. The number of rotatable bonds is 3. The zero-order chi connectivity index (χ0) is 13.8. The summed E-state index contributed by atoms with van der Waals surface area (Å²) in [6.07, 6.45) is 0. The molecule has 0 aliphatic carbocycles. The van der Waals surface area contributed by atoms with E-state index in [0.29, 0.717) is 5.56 Å². The van der Waals surface area contributed by atoms with Crippen LogP contribution >= 0.6 is 31.9 Å². The first-order chi connectivity index (χ1) is 9.10. The molecular formula is C14H9Br2FN2. The molecule has 0 amide bonds. The minimum Gasteiger partial charge on any atom is -0.366 e. The monoisotopic (exact) mass is 382 g/mol. The predicted octanol–water partition coefficient (Wildman–Crippen LogP) is 5.03. The van der Waals surface area contributed by atoms with Crippen molar-refractivity contribution >= 4 is 37.5 Å². The van der Waals surface area contributed by atoms with Crippen LogP contribution in [0.15, 0.2) is 51.4 Å². The Morgan fingerprint density at radius 3 is 2.53 bits per heavy atom. The number of nitrogens with one attached hydrogen (secondary N) is 1. The molecule has 2 aromatic carbocycles. The zero-order valence-corrected chi connectivity index (χ0v) is 12.9. The topological polar surface area (TPSA) is 35.8 Å². The second-order valence-corrected chi connectivity index (χ2v) is 5.71. The fourth-order valence-electron chi connectivity index (χ4n) is 1.66. The lowest BCUT2D eigenvalue weighted by Crippen LogP contribution is -2.10. The molecule has 2 rings (SSSR count). The van der Waals surface area contributed by atoms with Gasteiger partial charge in [-0.05, 0) is 36.4 Å². The molecule has 0 aromatic heterocycles. The highest BCUT2D eigenvalue weighted by molar-refractivity contribution is 9.10. The molecule has 0 radical (unpaired) electrons. The highest BCUT2D eigenvalue weighted by Gasteiger charge is 2.15. The molecule has 0 saturated carbocycles. The lowest BCUT2D eigenvalue weighted by atomic mass is 10.1. The molecule has 0 aliphatic heterocycles. The first kappa shape index (κ1) is 14.0. The van der Waals surface area contributed by atoms with Crippen molar-refractivity contribution < 1.29 is 4.39 Å². The molecule has 1 atom stereocenters.